The molecule has 10 heteroatoms. The number of carbonyl (C=O) groups excluding carboxylic acids is 2. The maximum atomic E-state index is 13.7. The van der Waals surface area contributed by atoms with Crippen molar-refractivity contribution in [3.8, 4) is 17.2 Å². The van der Waals surface area contributed by atoms with Gasteiger partial charge in [-0.15, -0.1) is 0 Å². The van der Waals surface area contributed by atoms with Crippen molar-refractivity contribution in [3.63, 3.8) is 0 Å². The number of methoxy groups -OCH3 is 2. The molecule has 1 fully saturated rings. The Labute approximate surface area is 336 Å². The zero-order valence-corrected chi connectivity index (χ0v) is 32.2. The van der Waals surface area contributed by atoms with Crippen LogP contribution < -0.4 is 75.6 Å². The van der Waals surface area contributed by atoms with E-state index < -0.39 is 5.97 Å². The van der Waals surface area contributed by atoms with E-state index in [-0.39, 0.29) is 69.7 Å². The molecular weight excluding hydrogens is 658 g/mol. The molecule has 9 nitrogen and oxygen atoms in total. The van der Waals surface area contributed by atoms with Crippen molar-refractivity contribution in [2.24, 2.45) is 0 Å². The third kappa shape index (κ3) is 9.17. The fraction of sp³-hybridized carbons (Fsp3) is 0.300. The number of piperazine rings is 1. The molecule has 1 aliphatic rings. The summed E-state index contributed by atoms with van der Waals surface area (Å²) >= 11 is 0. The van der Waals surface area contributed by atoms with E-state index in [0.29, 0.717) is 29.8 Å². The third-order valence-electron chi connectivity index (χ3n) is 9.20. The van der Waals surface area contributed by atoms with Crippen LogP contribution in [0, 0.1) is 0 Å². The van der Waals surface area contributed by atoms with Gasteiger partial charge in [0.05, 0.1) is 19.9 Å². The van der Waals surface area contributed by atoms with Crippen LogP contribution in [0.1, 0.15) is 46.9 Å². The molecule has 0 N–H and O–H groups in total. The number of anilines is 1. The molecule has 0 bridgehead atoms. The molecule has 0 radical (unpaired) electrons. The zero-order chi connectivity index (χ0) is 34.2. The second-order valence-corrected chi connectivity index (χ2v) is 12.3. The van der Waals surface area contributed by atoms with E-state index in [1.54, 1.807) is 14.2 Å². The summed E-state index contributed by atoms with van der Waals surface area (Å²) in [5, 5.41) is 11.8. The quantitative estimate of drug-likeness (QED) is 0.122. The number of aliphatic carboxylic acids is 1. The van der Waals surface area contributed by atoms with Crippen LogP contribution in [0.25, 0.3) is 10.9 Å². The fourth-order valence-electron chi connectivity index (χ4n) is 6.53. The van der Waals surface area contributed by atoms with Crippen LogP contribution in [0.15, 0.2) is 103 Å². The predicted molar refractivity (Wildman–Crippen MR) is 189 cm³/mol. The first-order valence-corrected chi connectivity index (χ1v) is 16.8. The number of benzene rings is 4. The molecule has 1 unspecified atom stereocenters. The molecule has 2 heterocycles. The van der Waals surface area contributed by atoms with Gasteiger partial charge in [0.15, 0.2) is 5.78 Å². The van der Waals surface area contributed by atoms with E-state index in [9.17, 15) is 14.7 Å². The number of carboxylic acid groups (broad SMARTS) is 1. The fourth-order valence-corrected chi connectivity index (χ4v) is 6.53. The van der Waals surface area contributed by atoms with Crippen LogP contribution >= 0.6 is 0 Å². The minimum atomic E-state index is -1.08. The molecule has 6 rings (SSSR count). The Morgan fingerprint density at radius 1 is 0.780 bits per heavy atom. The molecular formula is C40H42KN3O6. The molecule has 0 aliphatic carbocycles. The van der Waals surface area contributed by atoms with Crippen LogP contribution in [0.3, 0.4) is 0 Å². The number of ether oxygens (including phenoxy) is 3. The molecule has 0 amide bonds. The first-order chi connectivity index (χ1) is 23.9. The first-order valence-electron chi connectivity index (χ1n) is 16.8. The minimum absolute atomic E-state index is 0. The molecule has 1 saturated heterocycles. The number of ketones is 1. The first kappa shape index (κ1) is 37.6. The Balaban J connectivity index is 0.00000486. The van der Waals surface area contributed by atoms with Crippen LogP contribution in [-0.4, -0.2) is 68.2 Å². The smallest absolute Gasteiger partial charge is 0.550 e. The number of nitrogens with zero attached hydrogens (tertiary/aromatic N) is 3. The van der Waals surface area contributed by atoms with Gasteiger partial charge in [-0.3, -0.25) is 9.69 Å². The molecule has 1 atom stereocenters. The maximum Gasteiger partial charge on any atom is 1.00 e. The second-order valence-electron chi connectivity index (χ2n) is 12.3. The summed E-state index contributed by atoms with van der Waals surface area (Å²) in [5.74, 6) is 1.20. The van der Waals surface area contributed by atoms with Crippen molar-refractivity contribution in [2.75, 3.05) is 51.8 Å². The van der Waals surface area contributed by atoms with E-state index in [2.05, 4.69) is 15.9 Å². The van der Waals surface area contributed by atoms with E-state index in [4.69, 9.17) is 14.2 Å². The summed E-state index contributed by atoms with van der Waals surface area (Å²) in [5.41, 5.74) is 4.22. The average molecular weight is 700 g/mol. The summed E-state index contributed by atoms with van der Waals surface area (Å²) in [6.45, 7) is 5.08. The Morgan fingerprint density at radius 3 is 2.16 bits per heavy atom. The summed E-state index contributed by atoms with van der Waals surface area (Å²) in [4.78, 5) is 29.5. The Hall–Kier alpha value is -3.64. The zero-order valence-electron chi connectivity index (χ0n) is 29.0. The van der Waals surface area contributed by atoms with Crippen LogP contribution in [-0.2, 0) is 11.3 Å². The predicted octanol–water partition coefficient (Wildman–Crippen LogP) is 2.76. The van der Waals surface area contributed by atoms with Crippen molar-refractivity contribution in [3.05, 3.63) is 120 Å². The molecule has 254 valence electrons. The number of fused-ring (bicyclic) bond motifs is 1. The van der Waals surface area contributed by atoms with Gasteiger partial charge in [-0.25, -0.2) is 0 Å². The monoisotopic (exact) mass is 699 g/mol. The second kappa shape index (κ2) is 18.0. The Kier molecular flexibility index (Phi) is 13.6. The van der Waals surface area contributed by atoms with Crippen LogP contribution in [0.4, 0.5) is 5.69 Å². The number of rotatable bonds is 15. The third-order valence-corrected chi connectivity index (χ3v) is 9.20. The molecule has 1 aliphatic heterocycles. The number of hydrogen-bond acceptors (Lipinski definition) is 8. The van der Waals surface area contributed by atoms with Crippen molar-refractivity contribution in [1.29, 1.82) is 0 Å². The number of aryl methyl sites for hydroxylation is 1. The van der Waals surface area contributed by atoms with Gasteiger partial charge in [-0.1, -0.05) is 42.5 Å². The van der Waals surface area contributed by atoms with Gasteiger partial charge < -0.3 is 33.6 Å². The van der Waals surface area contributed by atoms with E-state index >= 15 is 0 Å². The molecule has 0 saturated carbocycles. The summed E-state index contributed by atoms with van der Waals surface area (Å²) in [6.07, 6.45) is 2.81. The molecule has 4 aromatic carbocycles. The Morgan fingerprint density at radius 2 is 1.46 bits per heavy atom. The molecule has 50 heavy (non-hydrogen) atoms. The largest absolute Gasteiger partial charge is 1.00 e. The number of para-hydroxylation sites is 3. The van der Waals surface area contributed by atoms with Gasteiger partial charge in [0.1, 0.15) is 23.4 Å². The van der Waals surface area contributed by atoms with Gasteiger partial charge >= 0.3 is 51.4 Å². The van der Waals surface area contributed by atoms with E-state index in [1.165, 1.54) is 0 Å². The van der Waals surface area contributed by atoms with Crippen molar-refractivity contribution >= 4 is 28.3 Å². The average Bonchev–Trinajstić information content (AvgIpc) is 3.52. The van der Waals surface area contributed by atoms with Gasteiger partial charge in [-0.2, -0.15) is 0 Å². The number of carbonyl (C=O) groups is 2. The number of carboxylic acids is 1. The van der Waals surface area contributed by atoms with Crippen molar-refractivity contribution in [2.45, 2.75) is 31.9 Å². The van der Waals surface area contributed by atoms with Gasteiger partial charge in [-0.05, 0) is 73.0 Å². The molecule has 0 spiro atoms. The van der Waals surface area contributed by atoms with Crippen molar-refractivity contribution in [1.82, 2.24) is 9.47 Å². The summed E-state index contributed by atoms with van der Waals surface area (Å²) < 4.78 is 19.5. The maximum absolute atomic E-state index is 13.7. The summed E-state index contributed by atoms with van der Waals surface area (Å²) in [7, 11) is 3.37. The number of hydrogen-bond donors (Lipinski definition) is 0. The van der Waals surface area contributed by atoms with E-state index in [0.717, 1.165) is 72.8 Å². The standard InChI is InChI=1S/C40H43N3O6.K/c1-47-31-17-13-29(14-18-31)37(21-23-41-24-26-42(27-25-41)36-10-5-6-11-38(36)48-2)49-32-19-15-30(16-20-32)40(46)34-28-43(22-7-12-39(44)45)35-9-4-3-8-33(34)35;/h3-6,8-11,13-20,28,37H,7,12,21-27H2,1-2H3,(H,44,45);/q;+1/p-1. The minimum Gasteiger partial charge on any atom is -0.550 e. The van der Waals surface area contributed by atoms with Crippen LogP contribution in [0.5, 0.6) is 17.2 Å². The topological polar surface area (TPSA) is 96.3 Å². The normalized spacial score (nSPS) is 13.8. The molecule has 1 aromatic heterocycles. The van der Waals surface area contributed by atoms with Gasteiger partial charge in [0, 0.05) is 79.9 Å². The summed E-state index contributed by atoms with van der Waals surface area (Å²) in [6, 6.07) is 31.2. The Bertz CT molecular complexity index is 1870. The van der Waals surface area contributed by atoms with Crippen LogP contribution in [0.2, 0.25) is 0 Å². The van der Waals surface area contributed by atoms with Gasteiger partial charge in [0.2, 0.25) is 0 Å². The van der Waals surface area contributed by atoms with E-state index in [1.807, 2.05) is 102 Å². The van der Waals surface area contributed by atoms with Gasteiger partial charge in [0.25, 0.3) is 0 Å². The van der Waals surface area contributed by atoms with Crippen molar-refractivity contribution < 1.29 is 80.3 Å². The SMILES string of the molecule is COc1ccc(C(CCN2CCN(c3ccccc3OC)CC2)Oc2ccc(C(=O)c3cn(CCCC(=O)[O-])c4ccccc34)cc2)cc1.[K+]. The number of aromatic nitrogens is 1. The molecule has 5 aromatic rings.